The Morgan fingerprint density at radius 1 is 1.07 bits per heavy atom. The molecule has 2 aliphatic carbocycles. The van der Waals surface area contributed by atoms with Gasteiger partial charge in [0.2, 0.25) is 10.0 Å². The Labute approximate surface area is 169 Å². The molecule has 0 bridgehead atoms. The topological polar surface area (TPSA) is 66.5 Å². The summed E-state index contributed by atoms with van der Waals surface area (Å²) in [4.78, 5) is 14.3. The molecule has 3 aliphatic rings. The lowest BCUT2D eigenvalue weighted by molar-refractivity contribution is 0.0999. The second kappa shape index (κ2) is 5.68. The predicted octanol–water partition coefficient (Wildman–Crippen LogP) is 3.29. The molecular formula is C23H20N2O3S. The molecule has 146 valence electrons. The van der Waals surface area contributed by atoms with Crippen LogP contribution in [0.1, 0.15) is 27.4 Å². The van der Waals surface area contributed by atoms with Crippen molar-refractivity contribution >= 4 is 32.4 Å². The summed E-state index contributed by atoms with van der Waals surface area (Å²) < 4.78 is 29.1. The number of nitrogens with zero attached hydrogens (tertiary/aromatic N) is 1. The number of hydrogen-bond donors (Lipinski definition) is 1. The molecule has 0 radical (unpaired) electrons. The van der Waals surface area contributed by atoms with Crippen molar-refractivity contribution in [3.8, 4) is 0 Å². The number of carbonyl (C=O) groups excluding carboxylic acids is 1. The number of amides is 1. The monoisotopic (exact) mass is 404 g/mol. The number of fused-ring (bicyclic) bond motifs is 3. The van der Waals surface area contributed by atoms with E-state index in [-0.39, 0.29) is 10.8 Å². The van der Waals surface area contributed by atoms with Crippen molar-refractivity contribution in [2.75, 3.05) is 18.5 Å². The first-order valence-corrected chi connectivity index (χ1v) is 11.4. The molecule has 1 aliphatic heterocycles. The summed E-state index contributed by atoms with van der Waals surface area (Å²) in [5.41, 5.74) is 4.11. The SMILES string of the molecule is CN1C(=O)c2cccc3c(S(=O)(=O)NCC4C5Cc6ccccc6C45)ccc1c23. The Kier molecular flexibility index (Phi) is 3.36. The summed E-state index contributed by atoms with van der Waals surface area (Å²) in [6, 6.07) is 17.1. The molecule has 0 aromatic heterocycles. The van der Waals surface area contributed by atoms with Gasteiger partial charge in [-0.25, -0.2) is 13.1 Å². The molecule has 3 atom stereocenters. The third kappa shape index (κ3) is 2.30. The first-order chi connectivity index (χ1) is 14.0. The lowest BCUT2D eigenvalue weighted by Gasteiger charge is -2.13. The number of anilines is 1. The van der Waals surface area contributed by atoms with Crippen LogP contribution in [0, 0.1) is 11.8 Å². The van der Waals surface area contributed by atoms with E-state index in [1.165, 1.54) is 11.1 Å². The Hall–Kier alpha value is -2.70. The van der Waals surface area contributed by atoms with Crippen molar-refractivity contribution in [2.45, 2.75) is 17.2 Å². The third-order valence-corrected chi connectivity index (χ3v) is 8.36. The summed E-state index contributed by atoms with van der Waals surface area (Å²) in [5, 5.41) is 1.33. The van der Waals surface area contributed by atoms with E-state index in [1.807, 2.05) is 0 Å². The fourth-order valence-corrected chi connectivity index (χ4v) is 6.66. The van der Waals surface area contributed by atoms with Crippen LogP contribution in [0.5, 0.6) is 0 Å². The molecule has 1 fully saturated rings. The molecule has 3 aromatic carbocycles. The van der Waals surface area contributed by atoms with Crippen molar-refractivity contribution in [1.82, 2.24) is 4.72 Å². The second-order valence-corrected chi connectivity index (χ2v) is 10.0. The van der Waals surface area contributed by atoms with Gasteiger partial charge in [0.05, 0.1) is 10.6 Å². The predicted molar refractivity (Wildman–Crippen MR) is 112 cm³/mol. The van der Waals surface area contributed by atoms with Crippen molar-refractivity contribution < 1.29 is 13.2 Å². The van der Waals surface area contributed by atoms with Gasteiger partial charge in [-0.3, -0.25) is 4.79 Å². The smallest absolute Gasteiger partial charge is 0.258 e. The highest BCUT2D eigenvalue weighted by Crippen LogP contribution is 2.61. The molecule has 3 unspecified atom stereocenters. The minimum atomic E-state index is -3.67. The van der Waals surface area contributed by atoms with Gasteiger partial charge in [0, 0.05) is 29.9 Å². The van der Waals surface area contributed by atoms with Crippen LogP contribution >= 0.6 is 0 Å². The largest absolute Gasteiger partial charge is 0.311 e. The fourth-order valence-electron chi connectivity index (χ4n) is 5.39. The van der Waals surface area contributed by atoms with Crippen LogP contribution in [-0.2, 0) is 16.4 Å². The lowest BCUT2D eigenvalue weighted by Crippen LogP contribution is -2.27. The highest BCUT2D eigenvalue weighted by atomic mass is 32.2. The van der Waals surface area contributed by atoms with Gasteiger partial charge in [-0.15, -0.1) is 0 Å². The summed E-state index contributed by atoms with van der Waals surface area (Å²) >= 11 is 0. The quantitative estimate of drug-likeness (QED) is 0.726. The molecule has 1 saturated carbocycles. The van der Waals surface area contributed by atoms with E-state index >= 15 is 0 Å². The summed E-state index contributed by atoms with van der Waals surface area (Å²) in [7, 11) is -1.96. The number of rotatable bonds is 4. The molecule has 5 nitrogen and oxygen atoms in total. The van der Waals surface area contributed by atoms with Crippen molar-refractivity contribution in [2.24, 2.45) is 11.8 Å². The van der Waals surface area contributed by atoms with Crippen LogP contribution in [-0.4, -0.2) is 27.9 Å². The van der Waals surface area contributed by atoms with Gasteiger partial charge < -0.3 is 4.90 Å². The molecule has 1 N–H and O–H groups in total. The van der Waals surface area contributed by atoms with Crippen molar-refractivity contribution in [3.05, 3.63) is 71.3 Å². The normalized spacial score (nSPS) is 24.1. The Morgan fingerprint density at radius 2 is 1.90 bits per heavy atom. The molecule has 3 aromatic rings. The molecule has 29 heavy (non-hydrogen) atoms. The summed E-state index contributed by atoms with van der Waals surface area (Å²) in [6.45, 7) is 0.452. The maximum absolute atomic E-state index is 13.1. The summed E-state index contributed by atoms with van der Waals surface area (Å²) in [5.74, 6) is 1.30. The van der Waals surface area contributed by atoms with Crippen LogP contribution in [0.2, 0.25) is 0 Å². The molecule has 0 spiro atoms. The maximum Gasteiger partial charge on any atom is 0.258 e. The van der Waals surface area contributed by atoms with E-state index in [0.29, 0.717) is 35.2 Å². The molecule has 6 heteroatoms. The van der Waals surface area contributed by atoms with Gasteiger partial charge in [0.1, 0.15) is 0 Å². The molecule has 0 saturated heterocycles. The van der Waals surface area contributed by atoms with Crippen LogP contribution in [0.15, 0.2) is 59.5 Å². The van der Waals surface area contributed by atoms with Crippen LogP contribution < -0.4 is 9.62 Å². The van der Waals surface area contributed by atoms with E-state index in [4.69, 9.17) is 0 Å². The fraction of sp³-hybridized carbons (Fsp3) is 0.261. The van der Waals surface area contributed by atoms with E-state index < -0.39 is 10.0 Å². The van der Waals surface area contributed by atoms with E-state index in [1.54, 1.807) is 42.3 Å². The first-order valence-electron chi connectivity index (χ1n) is 9.88. The minimum Gasteiger partial charge on any atom is -0.311 e. The number of sulfonamides is 1. The zero-order valence-electron chi connectivity index (χ0n) is 15.9. The highest BCUT2D eigenvalue weighted by Gasteiger charge is 2.55. The van der Waals surface area contributed by atoms with Gasteiger partial charge in [0.15, 0.2) is 0 Å². The van der Waals surface area contributed by atoms with Gasteiger partial charge in [-0.1, -0.05) is 36.4 Å². The highest BCUT2D eigenvalue weighted by molar-refractivity contribution is 7.89. The minimum absolute atomic E-state index is 0.0995. The number of benzene rings is 3. The van der Waals surface area contributed by atoms with E-state index in [2.05, 4.69) is 29.0 Å². The molecule has 1 heterocycles. The van der Waals surface area contributed by atoms with Gasteiger partial charge in [-0.05, 0) is 53.5 Å². The third-order valence-electron chi connectivity index (χ3n) is 6.88. The Bertz CT molecular complexity index is 1310. The van der Waals surface area contributed by atoms with Crippen LogP contribution in [0.3, 0.4) is 0 Å². The maximum atomic E-state index is 13.1. The molecule has 1 amide bonds. The number of carbonyl (C=O) groups is 1. The van der Waals surface area contributed by atoms with E-state index in [9.17, 15) is 13.2 Å². The van der Waals surface area contributed by atoms with Gasteiger partial charge >= 0.3 is 0 Å². The Balaban J connectivity index is 1.30. The Morgan fingerprint density at radius 3 is 2.76 bits per heavy atom. The van der Waals surface area contributed by atoms with Gasteiger partial charge in [-0.2, -0.15) is 0 Å². The second-order valence-electron chi connectivity index (χ2n) is 8.28. The van der Waals surface area contributed by atoms with Crippen molar-refractivity contribution in [3.63, 3.8) is 0 Å². The number of nitrogens with one attached hydrogen (secondary N) is 1. The average molecular weight is 404 g/mol. The van der Waals surface area contributed by atoms with Crippen LogP contribution in [0.25, 0.3) is 10.8 Å². The first kappa shape index (κ1) is 17.2. The standard InChI is InChI=1S/C23H20N2O3S/c1-25-19-9-10-20(15-7-4-8-16(22(15)19)23(25)26)29(27,28)24-12-18-17-11-13-5-2-3-6-14(13)21(17)18/h2-10,17-18,21,24H,11-12H2,1H3. The van der Waals surface area contributed by atoms with Crippen molar-refractivity contribution in [1.29, 1.82) is 0 Å². The molecule has 6 rings (SSSR count). The van der Waals surface area contributed by atoms with Gasteiger partial charge in [0.25, 0.3) is 5.91 Å². The zero-order valence-corrected chi connectivity index (χ0v) is 16.7. The molecular weight excluding hydrogens is 384 g/mol. The zero-order chi connectivity index (χ0) is 19.9. The summed E-state index contributed by atoms with van der Waals surface area (Å²) in [6.07, 6.45) is 1.04. The number of hydrogen-bond acceptors (Lipinski definition) is 3. The average Bonchev–Trinajstić information content (AvgIpc) is 3.17. The van der Waals surface area contributed by atoms with E-state index in [0.717, 1.165) is 17.5 Å². The van der Waals surface area contributed by atoms with Crippen LogP contribution in [0.4, 0.5) is 5.69 Å². The lowest BCUT2D eigenvalue weighted by atomic mass is 10.0.